The van der Waals surface area contributed by atoms with Crippen LogP contribution in [0.4, 0.5) is 5.69 Å². The molecule has 2 amide bonds. The number of nitrogens with zero attached hydrogens (tertiary/aromatic N) is 3. The van der Waals surface area contributed by atoms with Crippen molar-refractivity contribution < 1.29 is 9.59 Å². The van der Waals surface area contributed by atoms with Crippen LogP contribution < -0.4 is 5.32 Å². The number of nitrogens with one attached hydrogen (secondary N) is 1. The Kier molecular flexibility index (Phi) is 6.06. The predicted molar refractivity (Wildman–Crippen MR) is 117 cm³/mol. The predicted octanol–water partition coefficient (Wildman–Crippen LogP) is 4.92. The number of hydrogen-bond acceptors (Lipinski definition) is 3. The standard InChI is InChI=1S/C22H20Cl2N4O2/c23-17-11-16(12-18(24)13-17)21(29)26-19-3-1-15(2-4-19)22(30)27-8-5-20(6-9-27)28-10-7-25-14-28/h1-4,7,10-14,20H,5-6,8-9H2,(H,26,29). The van der Waals surface area contributed by atoms with Crippen LogP contribution in [0, 0.1) is 0 Å². The molecule has 1 aromatic heterocycles. The first-order valence-electron chi connectivity index (χ1n) is 9.64. The van der Waals surface area contributed by atoms with Gasteiger partial charge in [-0.05, 0) is 55.3 Å². The van der Waals surface area contributed by atoms with E-state index in [1.54, 1.807) is 48.7 Å². The van der Waals surface area contributed by atoms with Crippen molar-refractivity contribution in [3.63, 3.8) is 0 Å². The molecule has 0 unspecified atom stereocenters. The number of amides is 2. The fourth-order valence-electron chi connectivity index (χ4n) is 3.62. The highest BCUT2D eigenvalue weighted by Gasteiger charge is 2.24. The van der Waals surface area contributed by atoms with Crippen molar-refractivity contribution in [1.29, 1.82) is 0 Å². The zero-order valence-electron chi connectivity index (χ0n) is 16.1. The van der Waals surface area contributed by atoms with E-state index in [9.17, 15) is 9.59 Å². The number of imidazole rings is 1. The maximum Gasteiger partial charge on any atom is 0.255 e. The Morgan fingerprint density at radius 3 is 2.23 bits per heavy atom. The fourth-order valence-corrected chi connectivity index (χ4v) is 4.15. The molecule has 0 radical (unpaired) electrons. The highest BCUT2D eigenvalue weighted by atomic mass is 35.5. The summed E-state index contributed by atoms with van der Waals surface area (Å²) in [6.07, 6.45) is 7.37. The summed E-state index contributed by atoms with van der Waals surface area (Å²) in [5, 5.41) is 3.58. The SMILES string of the molecule is O=C(Nc1ccc(C(=O)N2CCC(n3ccnc3)CC2)cc1)c1cc(Cl)cc(Cl)c1. The number of carbonyl (C=O) groups is 2. The van der Waals surface area contributed by atoms with Crippen LogP contribution in [0.1, 0.15) is 39.6 Å². The molecule has 0 atom stereocenters. The summed E-state index contributed by atoms with van der Waals surface area (Å²) in [4.78, 5) is 31.2. The molecule has 0 spiro atoms. The van der Waals surface area contributed by atoms with Gasteiger partial charge >= 0.3 is 0 Å². The summed E-state index contributed by atoms with van der Waals surface area (Å²) in [5.74, 6) is -0.321. The Balaban J connectivity index is 1.36. The Morgan fingerprint density at radius 1 is 0.967 bits per heavy atom. The number of anilines is 1. The van der Waals surface area contributed by atoms with Crippen LogP contribution in [-0.2, 0) is 0 Å². The fraction of sp³-hybridized carbons (Fsp3) is 0.227. The molecule has 1 fully saturated rings. The van der Waals surface area contributed by atoms with Gasteiger partial charge in [0.25, 0.3) is 11.8 Å². The molecule has 0 saturated carbocycles. The lowest BCUT2D eigenvalue weighted by molar-refractivity contribution is 0.0694. The van der Waals surface area contributed by atoms with E-state index in [0.29, 0.717) is 46.0 Å². The molecule has 2 heterocycles. The number of carbonyl (C=O) groups excluding carboxylic acids is 2. The number of likely N-dealkylation sites (tertiary alicyclic amines) is 1. The first-order chi connectivity index (χ1) is 14.5. The van der Waals surface area contributed by atoms with Gasteiger partial charge in [-0.2, -0.15) is 0 Å². The Morgan fingerprint density at radius 2 is 1.63 bits per heavy atom. The van der Waals surface area contributed by atoms with Crippen molar-refractivity contribution in [2.45, 2.75) is 18.9 Å². The van der Waals surface area contributed by atoms with Gasteiger partial charge in [0.2, 0.25) is 0 Å². The van der Waals surface area contributed by atoms with Crippen molar-refractivity contribution in [3.8, 4) is 0 Å². The largest absolute Gasteiger partial charge is 0.338 e. The molecule has 154 valence electrons. The van der Waals surface area contributed by atoms with Gasteiger partial charge in [-0.15, -0.1) is 0 Å². The summed E-state index contributed by atoms with van der Waals surface area (Å²) in [5.41, 5.74) is 1.56. The molecule has 0 aliphatic carbocycles. The molecular weight excluding hydrogens is 423 g/mol. The molecule has 0 bridgehead atoms. The number of piperidine rings is 1. The summed E-state index contributed by atoms with van der Waals surface area (Å²) in [7, 11) is 0. The third-order valence-corrected chi connectivity index (χ3v) is 5.65. The molecule has 6 nitrogen and oxygen atoms in total. The summed E-state index contributed by atoms with van der Waals surface area (Å²) < 4.78 is 2.10. The monoisotopic (exact) mass is 442 g/mol. The van der Waals surface area contributed by atoms with E-state index in [1.807, 2.05) is 17.4 Å². The van der Waals surface area contributed by atoms with E-state index in [2.05, 4.69) is 14.9 Å². The smallest absolute Gasteiger partial charge is 0.255 e. The molecule has 1 saturated heterocycles. The number of rotatable bonds is 4. The van der Waals surface area contributed by atoms with Crippen molar-refractivity contribution in [3.05, 3.63) is 82.4 Å². The van der Waals surface area contributed by atoms with Crippen LogP contribution in [0.15, 0.2) is 61.2 Å². The van der Waals surface area contributed by atoms with Gasteiger partial charge in [0.05, 0.1) is 6.33 Å². The lowest BCUT2D eigenvalue weighted by Crippen LogP contribution is -2.38. The molecule has 1 N–H and O–H groups in total. The van der Waals surface area contributed by atoms with Gasteiger partial charge in [-0.1, -0.05) is 23.2 Å². The number of aromatic nitrogens is 2. The normalized spacial score (nSPS) is 14.5. The Bertz CT molecular complexity index is 1020. The van der Waals surface area contributed by atoms with Gasteiger partial charge in [-0.25, -0.2) is 4.98 Å². The van der Waals surface area contributed by atoms with Gasteiger partial charge in [0.1, 0.15) is 0 Å². The highest BCUT2D eigenvalue weighted by molar-refractivity contribution is 6.35. The Labute approximate surface area is 184 Å². The van der Waals surface area contributed by atoms with Crippen LogP contribution in [0.3, 0.4) is 0 Å². The molecule has 1 aliphatic heterocycles. The first kappa shape index (κ1) is 20.4. The van der Waals surface area contributed by atoms with Gasteiger partial charge in [-0.3, -0.25) is 9.59 Å². The van der Waals surface area contributed by atoms with E-state index in [4.69, 9.17) is 23.2 Å². The Hall–Kier alpha value is -2.83. The summed E-state index contributed by atoms with van der Waals surface area (Å²) >= 11 is 11.9. The minimum atomic E-state index is -0.319. The third-order valence-electron chi connectivity index (χ3n) is 5.21. The van der Waals surface area contributed by atoms with E-state index >= 15 is 0 Å². The van der Waals surface area contributed by atoms with Crippen LogP contribution >= 0.6 is 23.2 Å². The van der Waals surface area contributed by atoms with Crippen LogP contribution in [-0.4, -0.2) is 39.4 Å². The first-order valence-corrected chi connectivity index (χ1v) is 10.4. The minimum absolute atomic E-state index is 0.00131. The maximum absolute atomic E-state index is 12.8. The molecule has 4 rings (SSSR count). The van der Waals surface area contributed by atoms with Crippen molar-refractivity contribution in [2.75, 3.05) is 18.4 Å². The van der Waals surface area contributed by atoms with Crippen molar-refractivity contribution >= 4 is 40.7 Å². The van der Waals surface area contributed by atoms with Crippen LogP contribution in [0.2, 0.25) is 10.0 Å². The second-order valence-electron chi connectivity index (χ2n) is 7.22. The number of halogens is 2. The van der Waals surface area contributed by atoms with E-state index in [-0.39, 0.29) is 11.8 Å². The molecule has 3 aromatic rings. The molecule has 8 heteroatoms. The average molecular weight is 443 g/mol. The van der Waals surface area contributed by atoms with Gasteiger partial charge < -0.3 is 14.8 Å². The molecule has 30 heavy (non-hydrogen) atoms. The van der Waals surface area contributed by atoms with Crippen molar-refractivity contribution in [1.82, 2.24) is 14.5 Å². The molecule has 1 aliphatic rings. The van der Waals surface area contributed by atoms with Crippen molar-refractivity contribution in [2.24, 2.45) is 0 Å². The minimum Gasteiger partial charge on any atom is -0.338 e. The molecular formula is C22H20Cl2N4O2. The zero-order chi connectivity index (χ0) is 21.1. The van der Waals surface area contributed by atoms with Crippen LogP contribution in [0.5, 0.6) is 0 Å². The lowest BCUT2D eigenvalue weighted by Gasteiger charge is -2.32. The summed E-state index contributed by atoms with van der Waals surface area (Å²) in [6, 6.07) is 11.9. The quantitative estimate of drug-likeness (QED) is 0.623. The van der Waals surface area contributed by atoms with E-state index < -0.39 is 0 Å². The van der Waals surface area contributed by atoms with Gasteiger partial charge in [0, 0.05) is 58.4 Å². The average Bonchev–Trinajstić information content (AvgIpc) is 3.28. The third kappa shape index (κ3) is 4.66. The maximum atomic E-state index is 12.8. The topological polar surface area (TPSA) is 67.2 Å². The highest BCUT2D eigenvalue weighted by Crippen LogP contribution is 2.24. The number of benzene rings is 2. The second kappa shape index (κ2) is 8.90. The lowest BCUT2D eigenvalue weighted by atomic mass is 10.0. The summed E-state index contributed by atoms with van der Waals surface area (Å²) in [6.45, 7) is 1.41. The van der Waals surface area contributed by atoms with Crippen LogP contribution in [0.25, 0.3) is 0 Å². The number of hydrogen-bond donors (Lipinski definition) is 1. The molecule has 2 aromatic carbocycles. The second-order valence-corrected chi connectivity index (χ2v) is 8.10. The zero-order valence-corrected chi connectivity index (χ0v) is 17.6. The van der Waals surface area contributed by atoms with Gasteiger partial charge in [0.15, 0.2) is 0 Å². The van der Waals surface area contributed by atoms with E-state index in [0.717, 1.165) is 12.8 Å². The van der Waals surface area contributed by atoms with E-state index in [1.165, 1.54) is 0 Å².